The molecule has 0 saturated heterocycles. The molecule has 0 N–H and O–H groups in total. The van der Waals surface area contributed by atoms with E-state index in [1.807, 2.05) is 0 Å². The first kappa shape index (κ1) is 10.1. The number of hydrogen-bond donors (Lipinski definition) is 0. The van der Waals surface area contributed by atoms with Crippen LogP contribution in [0.2, 0.25) is 0 Å². The second-order valence-electron chi connectivity index (χ2n) is 4.34. The summed E-state index contributed by atoms with van der Waals surface area (Å²) in [5.41, 5.74) is 2.73. The van der Waals surface area contributed by atoms with Gasteiger partial charge >= 0.3 is 0 Å². The quantitative estimate of drug-likeness (QED) is 0.597. The van der Waals surface area contributed by atoms with Crippen molar-refractivity contribution in [1.82, 2.24) is 0 Å². The van der Waals surface area contributed by atoms with Crippen molar-refractivity contribution in [3.8, 4) is 0 Å². The van der Waals surface area contributed by atoms with Crippen LogP contribution in [0.15, 0.2) is 72.8 Å². The van der Waals surface area contributed by atoms with Crippen LogP contribution in [0.3, 0.4) is 0 Å². The average Bonchev–Trinajstić information content (AvgIpc) is 2.40. The molecular weight excluding hydrogens is 204 g/mol. The molecule has 17 heavy (non-hydrogen) atoms. The Balaban J connectivity index is 1.96. The van der Waals surface area contributed by atoms with Gasteiger partial charge in [0.2, 0.25) is 0 Å². The molecule has 0 aliphatic rings. The zero-order valence-electron chi connectivity index (χ0n) is 9.64. The van der Waals surface area contributed by atoms with Crippen LogP contribution in [0.25, 0.3) is 10.8 Å². The Morgan fingerprint density at radius 1 is 0.529 bits per heavy atom. The molecule has 0 heterocycles. The summed E-state index contributed by atoms with van der Waals surface area (Å²) < 4.78 is 0. The Kier molecular flexibility index (Phi) is 2.63. The van der Waals surface area contributed by atoms with Gasteiger partial charge in [-0.15, -0.1) is 0 Å². The lowest BCUT2D eigenvalue weighted by molar-refractivity contribution is 1.20. The fourth-order valence-electron chi connectivity index (χ4n) is 2.18. The first-order valence-corrected chi connectivity index (χ1v) is 5.93. The molecule has 0 aliphatic carbocycles. The summed E-state index contributed by atoms with van der Waals surface area (Å²) in [6.07, 6.45) is 1.01. The Morgan fingerprint density at radius 3 is 2.06 bits per heavy atom. The van der Waals surface area contributed by atoms with Gasteiger partial charge < -0.3 is 0 Å². The number of hydrogen-bond acceptors (Lipinski definition) is 0. The van der Waals surface area contributed by atoms with E-state index in [0.29, 0.717) is 0 Å². The van der Waals surface area contributed by atoms with Crippen molar-refractivity contribution in [3.05, 3.63) is 83.9 Å². The first-order valence-electron chi connectivity index (χ1n) is 5.93. The van der Waals surface area contributed by atoms with Crippen molar-refractivity contribution >= 4 is 10.8 Å². The van der Waals surface area contributed by atoms with E-state index in [1.165, 1.54) is 21.9 Å². The summed E-state index contributed by atoms with van der Waals surface area (Å²) in [5.74, 6) is 0. The van der Waals surface area contributed by atoms with Crippen LogP contribution in [0.1, 0.15) is 11.1 Å². The Bertz CT molecular complexity index is 624. The predicted octanol–water partition coefficient (Wildman–Crippen LogP) is 4.43. The fourth-order valence-corrected chi connectivity index (χ4v) is 2.18. The normalized spacial score (nSPS) is 10.6. The molecular formula is C17H14. The van der Waals surface area contributed by atoms with E-state index in [4.69, 9.17) is 0 Å². The zero-order valence-corrected chi connectivity index (χ0v) is 9.64. The summed E-state index contributed by atoms with van der Waals surface area (Å²) >= 11 is 0. The molecule has 0 radical (unpaired) electrons. The van der Waals surface area contributed by atoms with Crippen LogP contribution in [0, 0.1) is 0 Å². The minimum atomic E-state index is 1.01. The Hall–Kier alpha value is -2.08. The second-order valence-corrected chi connectivity index (χ2v) is 4.34. The minimum absolute atomic E-state index is 1.01. The van der Waals surface area contributed by atoms with E-state index in [9.17, 15) is 0 Å². The fraction of sp³-hybridized carbons (Fsp3) is 0.0588. The standard InChI is InChI=1S/C17H14/c1-2-6-14(7-3-1)12-15-10-11-16-8-4-5-9-17(16)13-15/h1-11,13H,12H2. The summed E-state index contributed by atoms with van der Waals surface area (Å²) in [5, 5.41) is 2.63. The van der Waals surface area contributed by atoms with Gasteiger partial charge in [0, 0.05) is 0 Å². The van der Waals surface area contributed by atoms with E-state index in [0.717, 1.165) is 6.42 Å². The lowest BCUT2D eigenvalue weighted by Crippen LogP contribution is -1.87. The van der Waals surface area contributed by atoms with Crippen LogP contribution < -0.4 is 0 Å². The molecule has 3 aromatic rings. The molecule has 0 bridgehead atoms. The maximum absolute atomic E-state index is 2.28. The van der Waals surface area contributed by atoms with Crippen molar-refractivity contribution in [2.45, 2.75) is 6.42 Å². The number of fused-ring (bicyclic) bond motifs is 1. The maximum Gasteiger partial charge on any atom is -0.00256 e. The molecule has 3 rings (SSSR count). The zero-order chi connectivity index (χ0) is 11.5. The maximum atomic E-state index is 2.28. The number of rotatable bonds is 2. The highest BCUT2D eigenvalue weighted by Gasteiger charge is 1.97. The van der Waals surface area contributed by atoms with Gasteiger partial charge in [-0.05, 0) is 28.3 Å². The van der Waals surface area contributed by atoms with Gasteiger partial charge in [0.25, 0.3) is 0 Å². The molecule has 0 saturated carbocycles. The Morgan fingerprint density at radius 2 is 1.24 bits per heavy atom. The van der Waals surface area contributed by atoms with Gasteiger partial charge in [-0.1, -0.05) is 72.8 Å². The molecule has 0 unspecified atom stereocenters. The third kappa shape index (κ3) is 2.21. The average molecular weight is 218 g/mol. The largest absolute Gasteiger partial charge is 0.0622 e. The summed E-state index contributed by atoms with van der Waals surface area (Å²) in [4.78, 5) is 0. The van der Waals surface area contributed by atoms with E-state index in [-0.39, 0.29) is 0 Å². The first-order chi connectivity index (χ1) is 8.42. The van der Waals surface area contributed by atoms with E-state index < -0.39 is 0 Å². The number of benzene rings is 3. The van der Waals surface area contributed by atoms with Crippen LogP contribution in [0.4, 0.5) is 0 Å². The molecule has 3 aromatic carbocycles. The highest BCUT2D eigenvalue weighted by Crippen LogP contribution is 2.17. The summed E-state index contributed by atoms with van der Waals surface area (Å²) in [7, 11) is 0. The molecule has 0 aliphatic heterocycles. The minimum Gasteiger partial charge on any atom is -0.0622 e. The third-order valence-corrected chi connectivity index (χ3v) is 3.06. The van der Waals surface area contributed by atoms with Crippen molar-refractivity contribution in [1.29, 1.82) is 0 Å². The van der Waals surface area contributed by atoms with Crippen molar-refractivity contribution < 1.29 is 0 Å². The molecule has 0 spiro atoms. The topological polar surface area (TPSA) is 0 Å². The smallest absolute Gasteiger partial charge is 0.00256 e. The lowest BCUT2D eigenvalue weighted by atomic mass is 10.0. The Labute approximate surface area is 102 Å². The van der Waals surface area contributed by atoms with Gasteiger partial charge in [0.05, 0.1) is 0 Å². The van der Waals surface area contributed by atoms with Gasteiger partial charge in [0.1, 0.15) is 0 Å². The molecule has 82 valence electrons. The molecule has 0 amide bonds. The molecule has 0 aromatic heterocycles. The van der Waals surface area contributed by atoms with Crippen molar-refractivity contribution in [3.63, 3.8) is 0 Å². The van der Waals surface area contributed by atoms with Crippen LogP contribution in [-0.2, 0) is 6.42 Å². The van der Waals surface area contributed by atoms with Crippen LogP contribution in [-0.4, -0.2) is 0 Å². The highest BCUT2D eigenvalue weighted by molar-refractivity contribution is 5.83. The highest BCUT2D eigenvalue weighted by atomic mass is 14.0. The van der Waals surface area contributed by atoms with Gasteiger partial charge in [-0.2, -0.15) is 0 Å². The van der Waals surface area contributed by atoms with E-state index in [1.54, 1.807) is 0 Å². The third-order valence-electron chi connectivity index (χ3n) is 3.06. The molecule has 0 nitrogen and oxygen atoms in total. The molecule has 0 fully saturated rings. The van der Waals surface area contributed by atoms with Crippen molar-refractivity contribution in [2.24, 2.45) is 0 Å². The van der Waals surface area contributed by atoms with Gasteiger partial charge in [-0.25, -0.2) is 0 Å². The second kappa shape index (κ2) is 4.42. The lowest BCUT2D eigenvalue weighted by Gasteiger charge is -2.04. The SMILES string of the molecule is c1ccc(Cc2ccc3ccccc3c2)cc1. The van der Waals surface area contributed by atoms with Crippen molar-refractivity contribution in [2.75, 3.05) is 0 Å². The monoisotopic (exact) mass is 218 g/mol. The van der Waals surface area contributed by atoms with Gasteiger partial charge in [-0.3, -0.25) is 0 Å². The van der Waals surface area contributed by atoms with E-state index in [2.05, 4.69) is 72.8 Å². The molecule has 0 heteroatoms. The van der Waals surface area contributed by atoms with E-state index >= 15 is 0 Å². The predicted molar refractivity (Wildman–Crippen MR) is 73.2 cm³/mol. The molecule has 0 atom stereocenters. The summed E-state index contributed by atoms with van der Waals surface area (Å²) in [6, 6.07) is 25.8. The summed E-state index contributed by atoms with van der Waals surface area (Å²) in [6.45, 7) is 0. The van der Waals surface area contributed by atoms with Crippen LogP contribution >= 0.6 is 0 Å². The van der Waals surface area contributed by atoms with Crippen LogP contribution in [0.5, 0.6) is 0 Å². The van der Waals surface area contributed by atoms with Gasteiger partial charge in [0.15, 0.2) is 0 Å².